The summed E-state index contributed by atoms with van der Waals surface area (Å²) in [5.74, 6) is -1.41. The molecule has 1 saturated heterocycles. The summed E-state index contributed by atoms with van der Waals surface area (Å²) in [5.41, 5.74) is 1.02. The minimum absolute atomic E-state index is 0.155. The first kappa shape index (κ1) is 25.5. The number of nitrogens with one attached hydrogen (secondary N) is 2. The molecule has 2 aromatic rings. The number of ether oxygens (including phenoxy) is 2. The van der Waals surface area contributed by atoms with Crippen LogP contribution in [0, 0.1) is 5.92 Å². The smallest absolute Gasteiger partial charge is 0.407 e. The Morgan fingerprint density at radius 2 is 1.79 bits per heavy atom. The van der Waals surface area contributed by atoms with Crippen molar-refractivity contribution in [3.63, 3.8) is 0 Å². The number of methoxy groups -OCH3 is 1. The van der Waals surface area contributed by atoms with E-state index < -0.39 is 29.6 Å². The zero-order chi connectivity index (χ0) is 24.9. The summed E-state index contributed by atoms with van der Waals surface area (Å²) >= 11 is 6.08. The predicted octanol–water partition coefficient (Wildman–Crippen LogP) is 4.09. The summed E-state index contributed by atoms with van der Waals surface area (Å²) in [6.07, 6.45) is -0.573. The van der Waals surface area contributed by atoms with Crippen molar-refractivity contribution >= 4 is 35.3 Å². The van der Waals surface area contributed by atoms with Crippen LogP contribution in [0.15, 0.2) is 48.5 Å². The summed E-state index contributed by atoms with van der Waals surface area (Å²) in [6, 6.07) is 14.1. The van der Waals surface area contributed by atoms with Crippen LogP contribution in [0.5, 0.6) is 0 Å². The number of anilines is 1. The van der Waals surface area contributed by atoms with E-state index in [0.29, 0.717) is 25.3 Å². The average Bonchev–Trinajstić information content (AvgIpc) is 3.15. The summed E-state index contributed by atoms with van der Waals surface area (Å²) in [7, 11) is 1.26. The van der Waals surface area contributed by atoms with Gasteiger partial charge in [0, 0.05) is 25.3 Å². The molecule has 182 valence electrons. The van der Waals surface area contributed by atoms with Crippen molar-refractivity contribution in [1.29, 1.82) is 0 Å². The molecule has 2 amide bonds. The van der Waals surface area contributed by atoms with Gasteiger partial charge >= 0.3 is 12.1 Å². The second kappa shape index (κ2) is 10.9. The van der Waals surface area contributed by atoms with E-state index in [1.165, 1.54) is 19.2 Å². The Labute approximate surface area is 204 Å². The van der Waals surface area contributed by atoms with Gasteiger partial charge in [0.2, 0.25) is 5.91 Å². The minimum atomic E-state index is -0.655. The number of hydrogen-bond acceptors (Lipinski definition) is 6. The summed E-state index contributed by atoms with van der Waals surface area (Å²) < 4.78 is 10.1. The van der Waals surface area contributed by atoms with Gasteiger partial charge in [-0.05, 0) is 44.5 Å². The minimum Gasteiger partial charge on any atom is -0.465 e. The number of carbonyl (C=O) groups excluding carboxylic acids is 3. The first-order valence-electron chi connectivity index (χ1n) is 11.0. The van der Waals surface area contributed by atoms with Crippen molar-refractivity contribution in [3.8, 4) is 0 Å². The molecule has 3 rings (SSSR count). The Morgan fingerprint density at radius 3 is 2.44 bits per heavy atom. The molecular weight excluding hydrogens is 458 g/mol. The molecule has 0 spiro atoms. The maximum Gasteiger partial charge on any atom is 0.407 e. The molecule has 0 aliphatic carbocycles. The third-order valence-electron chi connectivity index (χ3n) is 5.32. The van der Waals surface area contributed by atoms with Gasteiger partial charge in [-0.15, -0.1) is 0 Å². The lowest BCUT2D eigenvalue weighted by molar-refractivity contribution is -0.120. The standard InChI is InChI=1S/C25H30ClN3O5/c1-25(2,3)34-24(32)28-21-15-29(13-16-8-6-5-7-9-16)14-19(21)22(30)27-17-10-11-20(26)18(12-17)23(31)33-4/h5-12,19,21H,13-15H2,1-4H3,(H,27,30)(H,28,32). The molecule has 2 atom stereocenters. The van der Waals surface area contributed by atoms with Gasteiger partial charge in [-0.2, -0.15) is 0 Å². The number of carbonyl (C=O) groups is 3. The number of halogens is 1. The second-order valence-electron chi connectivity index (χ2n) is 9.21. The van der Waals surface area contributed by atoms with Crippen molar-refractivity contribution in [1.82, 2.24) is 10.2 Å². The summed E-state index contributed by atoms with van der Waals surface area (Å²) in [5, 5.41) is 5.93. The number of rotatable bonds is 6. The van der Waals surface area contributed by atoms with E-state index in [1.54, 1.807) is 26.8 Å². The van der Waals surface area contributed by atoms with E-state index in [-0.39, 0.29) is 16.5 Å². The van der Waals surface area contributed by atoms with Gasteiger partial charge < -0.3 is 20.1 Å². The second-order valence-corrected chi connectivity index (χ2v) is 9.62. The van der Waals surface area contributed by atoms with Gasteiger partial charge in [-0.3, -0.25) is 9.69 Å². The first-order valence-corrected chi connectivity index (χ1v) is 11.4. The monoisotopic (exact) mass is 487 g/mol. The number of nitrogens with zero attached hydrogens (tertiary/aromatic N) is 1. The fraction of sp³-hybridized carbons (Fsp3) is 0.400. The lowest BCUT2D eigenvalue weighted by Gasteiger charge is -2.24. The highest BCUT2D eigenvalue weighted by Gasteiger charge is 2.39. The Kier molecular flexibility index (Phi) is 8.17. The third kappa shape index (κ3) is 6.95. The van der Waals surface area contributed by atoms with Gasteiger partial charge in [0.15, 0.2) is 0 Å². The van der Waals surface area contributed by atoms with Crippen molar-refractivity contribution in [2.24, 2.45) is 5.92 Å². The largest absolute Gasteiger partial charge is 0.465 e. The van der Waals surface area contributed by atoms with E-state index in [4.69, 9.17) is 21.1 Å². The van der Waals surface area contributed by atoms with Crippen LogP contribution < -0.4 is 10.6 Å². The molecule has 0 aromatic heterocycles. The fourth-order valence-corrected chi connectivity index (χ4v) is 4.03. The molecule has 1 fully saturated rings. The summed E-state index contributed by atoms with van der Waals surface area (Å²) in [6.45, 7) is 6.93. The Bertz CT molecular complexity index is 1040. The number of likely N-dealkylation sites (tertiary alicyclic amines) is 1. The molecule has 0 saturated carbocycles. The van der Waals surface area contributed by atoms with Crippen molar-refractivity contribution in [2.45, 2.75) is 39.0 Å². The highest BCUT2D eigenvalue weighted by Crippen LogP contribution is 2.25. The topological polar surface area (TPSA) is 97.0 Å². The molecular formula is C25H30ClN3O5. The van der Waals surface area contributed by atoms with Crippen LogP contribution in [-0.2, 0) is 20.8 Å². The van der Waals surface area contributed by atoms with E-state index >= 15 is 0 Å². The fourth-order valence-electron chi connectivity index (χ4n) is 3.83. The molecule has 34 heavy (non-hydrogen) atoms. The van der Waals surface area contributed by atoms with Crippen LogP contribution >= 0.6 is 11.6 Å². The van der Waals surface area contributed by atoms with Crippen molar-refractivity contribution < 1.29 is 23.9 Å². The third-order valence-corrected chi connectivity index (χ3v) is 5.65. The lowest BCUT2D eigenvalue weighted by atomic mass is 10.0. The lowest BCUT2D eigenvalue weighted by Crippen LogP contribution is -2.46. The van der Waals surface area contributed by atoms with Crippen LogP contribution in [-0.4, -0.2) is 54.7 Å². The highest BCUT2D eigenvalue weighted by atomic mass is 35.5. The highest BCUT2D eigenvalue weighted by molar-refractivity contribution is 6.33. The number of esters is 1. The average molecular weight is 488 g/mol. The molecule has 0 bridgehead atoms. The number of benzene rings is 2. The van der Waals surface area contributed by atoms with Gasteiger partial charge in [-0.25, -0.2) is 9.59 Å². The molecule has 1 heterocycles. The van der Waals surface area contributed by atoms with E-state index in [0.717, 1.165) is 5.56 Å². The molecule has 2 unspecified atom stereocenters. The Balaban J connectivity index is 1.76. The maximum absolute atomic E-state index is 13.2. The van der Waals surface area contributed by atoms with Gasteiger partial charge in [0.05, 0.1) is 29.7 Å². The zero-order valence-electron chi connectivity index (χ0n) is 19.8. The van der Waals surface area contributed by atoms with E-state index in [9.17, 15) is 14.4 Å². The number of amides is 2. The van der Waals surface area contributed by atoms with Crippen LogP contribution in [0.2, 0.25) is 5.02 Å². The Morgan fingerprint density at radius 1 is 1.09 bits per heavy atom. The molecule has 0 radical (unpaired) electrons. The van der Waals surface area contributed by atoms with Crippen LogP contribution in [0.3, 0.4) is 0 Å². The first-order chi connectivity index (χ1) is 16.1. The van der Waals surface area contributed by atoms with Gasteiger partial charge in [0.1, 0.15) is 5.60 Å². The van der Waals surface area contributed by atoms with Crippen molar-refractivity contribution in [2.75, 3.05) is 25.5 Å². The molecule has 9 heteroatoms. The molecule has 1 aliphatic heterocycles. The van der Waals surface area contributed by atoms with Gasteiger partial charge in [0.25, 0.3) is 0 Å². The summed E-state index contributed by atoms with van der Waals surface area (Å²) in [4.78, 5) is 39.8. The number of hydrogen-bond donors (Lipinski definition) is 2. The van der Waals surface area contributed by atoms with Gasteiger partial charge in [-0.1, -0.05) is 41.9 Å². The zero-order valence-corrected chi connectivity index (χ0v) is 20.5. The molecule has 8 nitrogen and oxygen atoms in total. The van der Waals surface area contributed by atoms with E-state index in [2.05, 4.69) is 15.5 Å². The quantitative estimate of drug-likeness (QED) is 0.596. The van der Waals surface area contributed by atoms with Crippen LogP contribution in [0.25, 0.3) is 0 Å². The normalized spacial score (nSPS) is 18.3. The Hall–Kier alpha value is -3.10. The maximum atomic E-state index is 13.2. The van der Waals surface area contributed by atoms with E-state index in [1.807, 2.05) is 30.3 Å². The molecule has 2 N–H and O–H groups in total. The molecule has 1 aliphatic rings. The SMILES string of the molecule is COC(=O)c1cc(NC(=O)C2CN(Cc3ccccc3)CC2NC(=O)OC(C)(C)C)ccc1Cl. The van der Waals surface area contributed by atoms with Crippen LogP contribution in [0.1, 0.15) is 36.7 Å². The molecule has 2 aromatic carbocycles. The van der Waals surface area contributed by atoms with Crippen LogP contribution in [0.4, 0.5) is 10.5 Å². The van der Waals surface area contributed by atoms with Crippen molar-refractivity contribution in [3.05, 3.63) is 64.7 Å². The number of alkyl carbamates (subject to hydrolysis) is 1. The predicted molar refractivity (Wildman–Crippen MR) is 130 cm³/mol.